The second-order valence-corrected chi connectivity index (χ2v) is 2.59. The zero-order chi connectivity index (χ0) is 7.56. The minimum Gasteiger partial charge on any atom is -0.336 e. The Kier molecular flexibility index (Phi) is 2.10. The van der Waals surface area contributed by atoms with Gasteiger partial charge in [-0.1, -0.05) is 13.5 Å². The number of rotatable bonds is 2. The quantitative estimate of drug-likeness (QED) is 0.526. The molecule has 0 spiro atoms. The lowest BCUT2D eigenvalue weighted by atomic mass is 10.0. The van der Waals surface area contributed by atoms with E-state index < -0.39 is 0 Å². The summed E-state index contributed by atoms with van der Waals surface area (Å²) in [5.74, 6) is 0.0816. The number of hydrogen-bond donors (Lipinski definition) is 0. The fourth-order valence-corrected chi connectivity index (χ4v) is 1.27. The van der Waals surface area contributed by atoms with Gasteiger partial charge in [-0.2, -0.15) is 0 Å². The minimum atomic E-state index is 0.0816. The average Bonchev–Trinajstić information content (AvgIpc) is 1.86. The fraction of sp³-hybridized carbons (Fsp3) is 0.625. The molecule has 1 heterocycles. The molecule has 1 saturated heterocycles. The summed E-state index contributed by atoms with van der Waals surface area (Å²) in [6.45, 7) is 6.47. The van der Waals surface area contributed by atoms with Crippen LogP contribution in [0.15, 0.2) is 12.7 Å². The summed E-state index contributed by atoms with van der Waals surface area (Å²) < 4.78 is 0. The van der Waals surface area contributed by atoms with Crippen LogP contribution in [0.2, 0.25) is 0 Å². The van der Waals surface area contributed by atoms with Gasteiger partial charge in [-0.25, -0.2) is 0 Å². The Bertz CT molecular complexity index is 151. The molecule has 0 aliphatic carbocycles. The molecule has 2 nitrogen and oxygen atoms in total. The zero-order valence-corrected chi connectivity index (χ0v) is 6.34. The summed E-state index contributed by atoms with van der Waals surface area (Å²) in [7, 11) is 0. The summed E-state index contributed by atoms with van der Waals surface area (Å²) in [5.41, 5.74) is 0. The number of likely N-dealkylation sites (tertiary alicyclic amines) is 1. The molecule has 0 N–H and O–H groups in total. The van der Waals surface area contributed by atoms with Crippen molar-refractivity contribution in [2.75, 3.05) is 6.54 Å². The first-order chi connectivity index (χ1) is 4.79. The maximum atomic E-state index is 11.0. The molecule has 0 unspecified atom stereocenters. The van der Waals surface area contributed by atoms with Crippen molar-refractivity contribution in [1.29, 1.82) is 0 Å². The minimum absolute atomic E-state index is 0.0816. The van der Waals surface area contributed by atoms with Crippen molar-refractivity contribution < 1.29 is 4.79 Å². The molecule has 0 radical (unpaired) electrons. The van der Waals surface area contributed by atoms with E-state index in [0.717, 1.165) is 19.4 Å². The number of nitrogens with zero attached hydrogens (tertiary/aromatic N) is 1. The SMILES string of the molecule is C=CC(=O)N1CC[C@@H]1CC. The Hall–Kier alpha value is -0.790. The molecule has 1 amide bonds. The topological polar surface area (TPSA) is 20.3 Å². The molecule has 1 fully saturated rings. The van der Waals surface area contributed by atoms with Gasteiger partial charge in [0.1, 0.15) is 0 Å². The first kappa shape index (κ1) is 7.32. The van der Waals surface area contributed by atoms with Crippen LogP contribution in [0.25, 0.3) is 0 Å². The second-order valence-electron chi connectivity index (χ2n) is 2.59. The van der Waals surface area contributed by atoms with E-state index in [2.05, 4.69) is 13.5 Å². The highest BCUT2D eigenvalue weighted by Gasteiger charge is 2.28. The van der Waals surface area contributed by atoms with Crippen molar-refractivity contribution >= 4 is 5.91 Å². The smallest absolute Gasteiger partial charge is 0.246 e. The van der Waals surface area contributed by atoms with Gasteiger partial charge in [-0.05, 0) is 18.9 Å². The zero-order valence-electron chi connectivity index (χ0n) is 6.34. The molecular formula is C8H13NO. The van der Waals surface area contributed by atoms with Gasteiger partial charge < -0.3 is 4.90 Å². The normalized spacial score (nSPS) is 23.7. The standard InChI is InChI=1S/C8H13NO/c1-3-7-5-6-9(7)8(10)4-2/h4,7H,2-3,5-6H2,1H3/t7-/m0/s1. The molecule has 0 aromatic rings. The van der Waals surface area contributed by atoms with Crippen LogP contribution < -0.4 is 0 Å². The molecule has 10 heavy (non-hydrogen) atoms. The number of amides is 1. The van der Waals surface area contributed by atoms with Crippen LogP contribution in [0, 0.1) is 0 Å². The lowest BCUT2D eigenvalue weighted by molar-refractivity contribution is -0.133. The van der Waals surface area contributed by atoms with Gasteiger partial charge in [-0.3, -0.25) is 4.79 Å². The fourth-order valence-electron chi connectivity index (χ4n) is 1.27. The van der Waals surface area contributed by atoms with Gasteiger partial charge in [0.15, 0.2) is 0 Å². The van der Waals surface area contributed by atoms with E-state index in [1.54, 1.807) is 0 Å². The Morgan fingerprint density at radius 2 is 2.60 bits per heavy atom. The van der Waals surface area contributed by atoms with Gasteiger partial charge in [0.05, 0.1) is 0 Å². The van der Waals surface area contributed by atoms with Crippen LogP contribution in [0.3, 0.4) is 0 Å². The van der Waals surface area contributed by atoms with Crippen molar-refractivity contribution in [3.8, 4) is 0 Å². The molecule has 56 valence electrons. The van der Waals surface area contributed by atoms with Crippen LogP contribution in [-0.4, -0.2) is 23.4 Å². The third-order valence-electron chi connectivity index (χ3n) is 2.07. The maximum absolute atomic E-state index is 11.0. The van der Waals surface area contributed by atoms with Crippen LogP contribution in [0.5, 0.6) is 0 Å². The van der Waals surface area contributed by atoms with Crippen molar-refractivity contribution in [3.63, 3.8) is 0 Å². The van der Waals surface area contributed by atoms with Gasteiger partial charge in [0.25, 0.3) is 0 Å². The van der Waals surface area contributed by atoms with Crippen LogP contribution in [0.1, 0.15) is 19.8 Å². The number of carbonyl (C=O) groups is 1. The van der Waals surface area contributed by atoms with E-state index in [0.29, 0.717) is 6.04 Å². The molecule has 0 saturated carbocycles. The van der Waals surface area contributed by atoms with E-state index in [9.17, 15) is 4.79 Å². The highest BCUT2D eigenvalue weighted by Crippen LogP contribution is 2.19. The van der Waals surface area contributed by atoms with Crippen molar-refractivity contribution in [1.82, 2.24) is 4.90 Å². The Morgan fingerprint density at radius 1 is 1.90 bits per heavy atom. The van der Waals surface area contributed by atoms with Crippen molar-refractivity contribution in [2.45, 2.75) is 25.8 Å². The second kappa shape index (κ2) is 2.86. The van der Waals surface area contributed by atoms with Crippen molar-refractivity contribution in [2.24, 2.45) is 0 Å². The number of hydrogen-bond acceptors (Lipinski definition) is 1. The maximum Gasteiger partial charge on any atom is 0.246 e. The predicted molar refractivity (Wildman–Crippen MR) is 40.6 cm³/mol. The highest BCUT2D eigenvalue weighted by atomic mass is 16.2. The molecule has 0 aromatic heterocycles. The Balaban J connectivity index is 2.42. The summed E-state index contributed by atoms with van der Waals surface area (Å²) in [4.78, 5) is 12.8. The molecule has 1 aliphatic rings. The van der Waals surface area contributed by atoms with Crippen LogP contribution >= 0.6 is 0 Å². The molecule has 1 atom stereocenters. The largest absolute Gasteiger partial charge is 0.336 e. The van der Waals surface area contributed by atoms with E-state index in [4.69, 9.17) is 0 Å². The molecule has 1 rings (SSSR count). The molecule has 1 aliphatic heterocycles. The van der Waals surface area contributed by atoms with Gasteiger partial charge in [0.2, 0.25) is 5.91 Å². The third-order valence-corrected chi connectivity index (χ3v) is 2.07. The number of carbonyl (C=O) groups excluding carboxylic acids is 1. The molecular weight excluding hydrogens is 126 g/mol. The van der Waals surface area contributed by atoms with E-state index in [1.807, 2.05) is 4.90 Å². The van der Waals surface area contributed by atoms with Crippen LogP contribution in [0.4, 0.5) is 0 Å². The van der Waals surface area contributed by atoms with Crippen LogP contribution in [-0.2, 0) is 4.79 Å². The summed E-state index contributed by atoms with van der Waals surface area (Å²) in [6, 6.07) is 0.491. The van der Waals surface area contributed by atoms with Gasteiger partial charge >= 0.3 is 0 Å². The summed E-state index contributed by atoms with van der Waals surface area (Å²) >= 11 is 0. The van der Waals surface area contributed by atoms with Gasteiger partial charge in [0, 0.05) is 12.6 Å². The van der Waals surface area contributed by atoms with E-state index >= 15 is 0 Å². The lowest BCUT2D eigenvalue weighted by Gasteiger charge is -2.39. The first-order valence-electron chi connectivity index (χ1n) is 3.72. The summed E-state index contributed by atoms with van der Waals surface area (Å²) in [6.07, 6.45) is 3.62. The predicted octanol–water partition coefficient (Wildman–Crippen LogP) is 1.18. The highest BCUT2D eigenvalue weighted by molar-refractivity contribution is 5.87. The van der Waals surface area contributed by atoms with Crippen molar-refractivity contribution in [3.05, 3.63) is 12.7 Å². The van der Waals surface area contributed by atoms with E-state index in [1.165, 1.54) is 6.08 Å². The first-order valence-corrected chi connectivity index (χ1v) is 3.72. The Labute approximate surface area is 61.5 Å². The molecule has 2 heteroatoms. The summed E-state index contributed by atoms with van der Waals surface area (Å²) in [5, 5.41) is 0. The van der Waals surface area contributed by atoms with Gasteiger partial charge in [-0.15, -0.1) is 0 Å². The molecule has 0 aromatic carbocycles. The average molecular weight is 139 g/mol. The third kappa shape index (κ3) is 1.06. The Morgan fingerprint density at radius 3 is 2.90 bits per heavy atom. The van der Waals surface area contributed by atoms with E-state index in [-0.39, 0.29) is 5.91 Å². The lowest BCUT2D eigenvalue weighted by Crippen LogP contribution is -2.49. The monoisotopic (exact) mass is 139 g/mol. The molecule has 0 bridgehead atoms.